The fraction of sp³-hybridized carbons (Fsp3) is 0.421. The molecule has 1 aliphatic carbocycles. The summed E-state index contributed by atoms with van der Waals surface area (Å²) in [6.07, 6.45) is 2.71. The molecule has 0 bridgehead atoms. The highest BCUT2D eigenvalue weighted by atomic mass is 35.5. The van der Waals surface area contributed by atoms with E-state index in [1.54, 1.807) is 10.9 Å². The Morgan fingerprint density at radius 2 is 2.11 bits per heavy atom. The number of primary amides is 1. The van der Waals surface area contributed by atoms with Crippen LogP contribution in [0.1, 0.15) is 40.5 Å². The number of benzene rings is 1. The molecule has 7 nitrogen and oxygen atoms in total. The van der Waals surface area contributed by atoms with Gasteiger partial charge in [-0.25, -0.2) is 0 Å². The third kappa shape index (κ3) is 2.91. The highest BCUT2D eigenvalue weighted by Gasteiger charge is 2.49. The molecule has 1 saturated carbocycles. The molecular formula is C19H21ClN4O3. The maximum Gasteiger partial charge on any atom is 0.254 e. The van der Waals surface area contributed by atoms with Crippen LogP contribution in [-0.2, 0) is 18.3 Å². The van der Waals surface area contributed by atoms with Crippen LogP contribution in [0.2, 0.25) is 5.02 Å². The third-order valence-electron chi connectivity index (χ3n) is 5.75. The Kier molecular flexibility index (Phi) is 4.24. The van der Waals surface area contributed by atoms with Crippen LogP contribution in [0.3, 0.4) is 0 Å². The number of fused-ring (bicyclic) bond motifs is 1. The smallest absolute Gasteiger partial charge is 0.254 e. The van der Waals surface area contributed by atoms with Crippen LogP contribution in [0, 0.1) is 5.92 Å². The molecule has 2 amide bonds. The van der Waals surface area contributed by atoms with Gasteiger partial charge in [-0.1, -0.05) is 29.8 Å². The topological polar surface area (TPSA) is 101 Å². The standard InChI is InChI=1S/C19H21ClN4O3/c1-23-16(14(20)9-22-23)6-15-12-4-2-3-5-13(12)17(25)24(15)10-11-7-19(27,8-11)18(21)26/h2-5,9,11,15,27H,6-8,10H2,1H3,(H2,21,26). The minimum atomic E-state index is -1.44. The van der Waals surface area contributed by atoms with Crippen LogP contribution >= 0.6 is 11.6 Å². The molecule has 4 rings (SSSR count). The summed E-state index contributed by atoms with van der Waals surface area (Å²) in [6.45, 7) is 0.462. The van der Waals surface area contributed by atoms with Crippen LogP contribution in [0.15, 0.2) is 30.5 Å². The number of carbonyl (C=O) groups is 2. The molecule has 0 saturated heterocycles. The number of aromatic nitrogens is 2. The van der Waals surface area contributed by atoms with E-state index >= 15 is 0 Å². The SMILES string of the molecule is Cn1ncc(Cl)c1CC1c2ccccc2C(=O)N1CC1CC(O)(C(N)=O)C1. The van der Waals surface area contributed by atoms with E-state index in [0.717, 1.165) is 11.3 Å². The van der Waals surface area contributed by atoms with Crippen molar-refractivity contribution in [3.8, 4) is 0 Å². The van der Waals surface area contributed by atoms with Gasteiger partial charge in [0, 0.05) is 25.6 Å². The third-order valence-corrected chi connectivity index (χ3v) is 6.07. The predicted molar refractivity (Wildman–Crippen MR) is 99.0 cm³/mol. The molecule has 3 N–H and O–H groups in total. The number of nitrogens with zero attached hydrogens (tertiary/aromatic N) is 3. The highest BCUT2D eigenvalue weighted by Crippen LogP contribution is 2.43. The maximum absolute atomic E-state index is 13.0. The van der Waals surface area contributed by atoms with E-state index in [2.05, 4.69) is 5.10 Å². The molecule has 2 heterocycles. The van der Waals surface area contributed by atoms with Crippen molar-refractivity contribution >= 4 is 23.4 Å². The average Bonchev–Trinajstić information content (AvgIpc) is 3.06. The van der Waals surface area contributed by atoms with Crippen molar-refractivity contribution in [2.75, 3.05) is 6.54 Å². The van der Waals surface area contributed by atoms with Gasteiger partial charge < -0.3 is 15.7 Å². The maximum atomic E-state index is 13.0. The summed E-state index contributed by atoms with van der Waals surface area (Å²) >= 11 is 6.28. The summed E-state index contributed by atoms with van der Waals surface area (Å²) < 4.78 is 1.72. The lowest BCUT2D eigenvalue weighted by atomic mass is 9.70. The van der Waals surface area contributed by atoms with Gasteiger partial charge in [0.25, 0.3) is 5.91 Å². The second-order valence-electron chi connectivity index (χ2n) is 7.50. The number of nitrogens with two attached hydrogens (primary N) is 1. The van der Waals surface area contributed by atoms with Gasteiger partial charge in [0.05, 0.1) is 23.0 Å². The minimum absolute atomic E-state index is 0.0327. The number of aryl methyl sites for hydroxylation is 1. The summed E-state index contributed by atoms with van der Waals surface area (Å²) in [5.74, 6) is -0.707. The first-order valence-electron chi connectivity index (χ1n) is 8.88. The van der Waals surface area contributed by atoms with Gasteiger partial charge >= 0.3 is 0 Å². The number of amides is 2. The van der Waals surface area contributed by atoms with Crippen molar-refractivity contribution in [2.45, 2.75) is 30.9 Å². The number of rotatable bonds is 5. The molecule has 142 valence electrons. The first-order valence-corrected chi connectivity index (χ1v) is 9.26. The summed E-state index contributed by atoms with van der Waals surface area (Å²) in [4.78, 5) is 26.2. The summed E-state index contributed by atoms with van der Waals surface area (Å²) in [7, 11) is 1.83. The van der Waals surface area contributed by atoms with Crippen LogP contribution in [0.5, 0.6) is 0 Å². The van der Waals surface area contributed by atoms with Gasteiger partial charge in [0.15, 0.2) is 0 Å². The monoisotopic (exact) mass is 388 g/mol. The van der Waals surface area contributed by atoms with Crippen molar-refractivity contribution in [1.29, 1.82) is 0 Å². The van der Waals surface area contributed by atoms with Crippen LogP contribution in [0.4, 0.5) is 0 Å². The number of halogens is 1. The second kappa shape index (κ2) is 6.35. The zero-order valence-corrected chi connectivity index (χ0v) is 15.7. The molecule has 0 radical (unpaired) electrons. The molecule has 1 aliphatic heterocycles. The van der Waals surface area contributed by atoms with Crippen LogP contribution in [0.25, 0.3) is 0 Å². The molecule has 2 aliphatic rings. The van der Waals surface area contributed by atoms with Crippen molar-refractivity contribution in [1.82, 2.24) is 14.7 Å². The molecule has 1 fully saturated rings. The normalized spacial score (nSPS) is 26.8. The van der Waals surface area contributed by atoms with Gasteiger partial charge in [-0.15, -0.1) is 0 Å². The fourth-order valence-electron chi connectivity index (χ4n) is 4.23. The molecule has 8 heteroatoms. The molecule has 0 spiro atoms. The predicted octanol–water partition coefficient (Wildman–Crippen LogP) is 1.44. The van der Waals surface area contributed by atoms with E-state index in [-0.39, 0.29) is 30.7 Å². The molecule has 1 aromatic heterocycles. The highest BCUT2D eigenvalue weighted by molar-refractivity contribution is 6.31. The molecule has 27 heavy (non-hydrogen) atoms. The van der Waals surface area contributed by atoms with Gasteiger partial charge in [0.2, 0.25) is 5.91 Å². The lowest BCUT2D eigenvalue weighted by molar-refractivity contribution is -0.152. The van der Waals surface area contributed by atoms with Gasteiger partial charge in [-0.2, -0.15) is 5.10 Å². The van der Waals surface area contributed by atoms with E-state index in [0.29, 0.717) is 23.6 Å². The zero-order chi connectivity index (χ0) is 19.3. The largest absolute Gasteiger partial charge is 0.380 e. The Morgan fingerprint density at radius 3 is 2.74 bits per heavy atom. The summed E-state index contributed by atoms with van der Waals surface area (Å²) in [5, 5.41) is 14.9. The van der Waals surface area contributed by atoms with E-state index in [4.69, 9.17) is 17.3 Å². The average molecular weight is 389 g/mol. The second-order valence-corrected chi connectivity index (χ2v) is 7.90. The van der Waals surface area contributed by atoms with Crippen LogP contribution < -0.4 is 5.73 Å². The van der Waals surface area contributed by atoms with E-state index < -0.39 is 11.5 Å². The summed E-state index contributed by atoms with van der Waals surface area (Å²) in [6, 6.07) is 7.40. The van der Waals surface area contributed by atoms with Crippen LogP contribution in [-0.4, -0.2) is 43.7 Å². The van der Waals surface area contributed by atoms with E-state index in [1.807, 2.05) is 36.2 Å². The van der Waals surface area contributed by atoms with Crippen molar-refractivity contribution < 1.29 is 14.7 Å². The number of hydrogen-bond donors (Lipinski definition) is 2. The van der Waals surface area contributed by atoms with Crippen molar-refractivity contribution in [2.24, 2.45) is 18.7 Å². The first-order chi connectivity index (χ1) is 12.8. The van der Waals surface area contributed by atoms with E-state index in [1.165, 1.54) is 0 Å². The Morgan fingerprint density at radius 1 is 1.41 bits per heavy atom. The molecule has 2 aromatic rings. The quantitative estimate of drug-likeness (QED) is 0.809. The molecule has 1 unspecified atom stereocenters. The number of aliphatic hydroxyl groups is 1. The minimum Gasteiger partial charge on any atom is -0.380 e. The summed E-state index contributed by atoms with van der Waals surface area (Å²) in [5.41, 5.74) is 6.32. The molecular weight excluding hydrogens is 368 g/mol. The van der Waals surface area contributed by atoms with Gasteiger partial charge in [-0.05, 0) is 30.4 Å². The van der Waals surface area contributed by atoms with Crippen molar-refractivity contribution in [3.05, 3.63) is 52.3 Å². The molecule has 1 aromatic carbocycles. The number of hydrogen-bond acceptors (Lipinski definition) is 4. The lowest BCUT2D eigenvalue weighted by Crippen LogP contribution is -2.56. The van der Waals surface area contributed by atoms with Crippen molar-refractivity contribution in [3.63, 3.8) is 0 Å². The Labute approximate surface area is 161 Å². The van der Waals surface area contributed by atoms with Gasteiger partial charge in [-0.3, -0.25) is 14.3 Å². The van der Waals surface area contributed by atoms with Gasteiger partial charge in [0.1, 0.15) is 5.60 Å². The van der Waals surface area contributed by atoms with E-state index in [9.17, 15) is 14.7 Å². The fourth-order valence-corrected chi connectivity index (χ4v) is 4.47. The number of carbonyl (C=O) groups excluding carboxylic acids is 2. The molecule has 1 atom stereocenters. The lowest BCUT2D eigenvalue weighted by Gasteiger charge is -2.43. The Balaban J connectivity index is 1.60. The zero-order valence-electron chi connectivity index (χ0n) is 14.9. The Bertz CT molecular complexity index is 900. The first kappa shape index (κ1) is 18.0. The Hall–Kier alpha value is -2.38.